The predicted molar refractivity (Wildman–Crippen MR) is 111 cm³/mol. The summed E-state index contributed by atoms with van der Waals surface area (Å²) in [5.74, 6) is -2.35. The zero-order valence-electron chi connectivity index (χ0n) is 16.7. The summed E-state index contributed by atoms with van der Waals surface area (Å²) in [6.45, 7) is 1.96. The lowest BCUT2D eigenvalue weighted by atomic mass is 9.83. The first kappa shape index (κ1) is 22.3. The van der Waals surface area contributed by atoms with E-state index < -0.39 is 18.1 Å². The lowest BCUT2D eigenvalue weighted by Gasteiger charge is -2.22. The van der Waals surface area contributed by atoms with E-state index in [0.717, 1.165) is 24.2 Å². The van der Waals surface area contributed by atoms with Crippen molar-refractivity contribution in [1.82, 2.24) is 0 Å². The molecule has 0 unspecified atom stereocenters. The van der Waals surface area contributed by atoms with E-state index in [-0.39, 0.29) is 17.2 Å². The van der Waals surface area contributed by atoms with Gasteiger partial charge in [-0.3, -0.25) is 4.79 Å². The number of hydrogen-bond donors (Lipinski definition) is 1. The predicted octanol–water partition coefficient (Wildman–Crippen LogP) is 6.53. The van der Waals surface area contributed by atoms with Gasteiger partial charge in [0, 0.05) is 10.9 Å². The van der Waals surface area contributed by atoms with Crippen LogP contribution in [0.2, 0.25) is 0 Å². The number of carbonyl (C=O) groups excluding carboxylic acids is 2. The second-order valence-electron chi connectivity index (χ2n) is 7.40. The van der Waals surface area contributed by atoms with Gasteiger partial charge in [0.05, 0.1) is 6.61 Å². The van der Waals surface area contributed by atoms with Gasteiger partial charge >= 0.3 is 18.1 Å². The first-order valence-electron chi connectivity index (χ1n) is 10.1. The molecule has 1 aromatic heterocycles. The number of anilines is 1. The highest BCUT2D eigenvalue weighted by atomic mass is 32.1. The number of nitrogens with one attached hydrogen (secondary N) is 1. The van der Waals surface area contributed by atoms with Gasteiger partial charge in [-0.2, -0.15) is 13.2 Å². The Bertz CT molecular complexity index is 884. The highest BCUT2D eigenvalue weighted by molar-refractivity contribution is 7.15. The van der Waals surface area contributed by atoms with Gasteiger partial charge in [0.25, 0.3) is 0 Å². The number of hydrogen-bond acceptors (Lipinski definition) is 4. The van der Waals surface area contributed by atoms with Crippen molar-refractivity contribution in [3.8, 4) is 11.1 Å². The molecule has 1 aliphatic rings. The summed E-state index contributed by atoms with van der Waals surface area (Å²) in [7, 11) is 0. The minimum absolute atomic E-state index is 0.0449. The molecular formula is C22H24F3NO3S. The Morgan fingerprint density at radius 1 is 1.13 bits per heavy atom. The number of rotatable bonds is 6. The maximum absolute atomic E-state index is 12.7. The summed E-state index contributed by atoms with van der Waals surface area (Å²) in [5.41, 5.74) is 2.33. The Kier molecular flexibility index (Phi) is 7.18. The van der Waals surface area contributed by atoms with Crippen molar-refractivity contribution in [3.63, 3.8) is 0 Å². The maximum Gasteiger partial charge on any atom is 0.471 e. The number of esters is 1. The Labute approximate surface area is 177 Å². The van der Waals surface area contributed by atoms with Gasteiger partial charge in [-0.05, 0) is 36.3 Å². The smallest absolute Gasteiger partial charge is 0.462 e. The van der Waals surface area contributed by atoms with Crippen LogP contribution in [0, 0.1) is 0 Å². The average Bonchev–Trinajstić information content (AvgIpc) is 3.15. The molecule has 162 valence electrons. The van der Waals surface area contributed by atoms with Crippen LogP contribution >= 0.6 is 11.3 Å². The summed E-state index contributed by atoms with van der Waals surface area (Å²) in [5, 5.41) is 3.23. The molecule has 2 aromatic rings. The zero-order valence-corrected chi connectivity index (χ0v) is 17.5. The SMILES string of the molecule is CCCOC(=O)c1c(-c2ccc(C3CCCCC3)cc2)csc1NC(=O)C(F)(F)F. The summed E-state index contributed by atoms with van der Waals surface area (Å²) >= 11 is 0.877. The molecule has 1 fully saturated rings. The number of alkyl halides is 3. The van der Waals surface area contributed by atoms with Gasteiger partial charge in [-0.15, -0.1) is 11.3 Å². The topological polar surface area (TPSA) is 55.4 Å². The quantitative estimate of drug-likeness (QED) is 0.521. The molecule has 1 heterocycles. The average molecular weight is 439 g/mol. The third-order valence-electron chi connectivity index (χ3n) is 5.22. The van der Waals surface area contributed by atoms with E-state index in [1.165, 1.54) is 24.8 Å². The van der Waals surface area contributed by atoms with Gasteiger partial charge < -0.3 is 10.1 Å². The molecule has 0 spiro atoms. The molecule has 0 aliphatic heterocycles. The number of ether oxygens (including phenoxy) is 1. The van der Waals surface area contributed by atoms with Crippen LogP contribution in [-0.4, -0.2) is 24.7 Å². The van der Waals surface area contributed by atoms with Crippen LogP contribution < -0.4 is 5.32 Å². The molecule has 0 radical (unpaired) electrons. The molecule has 1 amide bonds. The fourth-order valence-corrected chi connectivity index (χ4v) is 4.63. The van der Waals surface area contributed by atoms with Crippen molar-refractivity contribution in [2.45, 2.75) is 57.5 Å². The molecule has 1 saturated carbocycles. The molecule has 0 atom stereocenters. The molecule has 8 heteroatoms. The molecule has 4 nitrogen and oxygen atoms in total. The van der Waals surface area contributed by atoms with Crippen molar-refractivity contribution in [2.75, 3.05) is 11.9 Å². The second kappa shape index (κ2) is 9.64. The highest BCUT2D eigenvalue weighted by Gasteiger charge is 2.40. The Balaban J connectivity index is 1.91. The lowest BCUT2D eigenvalue weighted by Crippen LogP contribution is -2.30. The number of halogens is 3. The number of benzene rings is 1. The summed E-state index contributed by atoms with van der Waals surface area (Å²) in [6.07, 6.45) is 1.53. The number of carbonyl (C=O) groups is 2. The Morgan fingerprint density at radius 3 is 2.40 bits per heavy atom. The van der Waals surface area contributed by atoms with Crippen LogP contribution in [0.4, 0.5) is 18.2 Å². The Morgan fingerprint density at radius 2 is 1.80 bits per heavy atom. The van der Waals surface area contributed by atoms with E-state index in [1.54, 1.807) is 5.38 Å². The number of thiophene rings is 1. The van der Waals surface area contributed by atoms with Crippen LogP contribution in [0.3, 0.4) is 0 Å². The number of amides is 1. The molecule has 1 aliphatic carbocycles. The normalized spacial score (nSPS) is 15.1. The van der Waals surface area contributed by atoms with Gasteiger partial charge in [-0.1, -0.05) is 50.5 Å². The van der Waals surface area contributed by atoms with Crippen molar-refractivity contribution in [3.05, 3.63) is 40.8 Å². The molecule has 0 bridgehead atoms. The lowest BCUT2D eigenvalue weighted by molar-refractivity contribution is -0.167. The van der Waals surface area contributed by atoms with Gasteiger partial charge in [0.2, 0.25) is 0 Å². The van der Waals surface area contributed by atoms with Gasteiger partial charge in [0.15, 0.2) is 0 Å². The van der Waals surface area contributed by atoms with Crippen molar-refractivity contribution in [1.29, 1.82) is 0 Å². The van der Waals surface area contributed by atoms with Gasteiger partial charge in [0.1, 0.15) is 10.6 Å². The molecule has 1 N–H and O–H groups in total. The second-order valence-corrected chi connectivity index (χ2v) is 8.28. The van der Waals surface area contributed by atoms with E-state index in [9.17, 15) is 22.8 Å². The largest absolute Gasteiger partial charge is 0.471 e. The fraction of sp³-hybridized carbons (Fsp3) is 0.455. The first-order chi connectivity index (χ1) is 14.3. The van der Waals surface area contributed by atoms with Crippen LogP contribution in [0.15, 0.2) is 29.6 Å². The monoisotopic (exact) mass is 439 g/mol. The van der Waals surface area contributed by atoms with E-state index in [0.29, 0.717) is 23.5 Å². The maximum atomic E-state index is 12.7. The van der Waals surface area contributed by atoms with Gasteiger partial charge in [-0.25, -0.2) is 4.79 Å². The highest BCUT2D eigenvalue weighted by Crippen LogP contribution is 2.38. The Hall–Kier alpha value is -2.35. The zero-order chi connectivity index (χ0) is 21.7. The third kappa shape index (κ3) is 5.22. The fourth-order valence-electron chi connectivity index (χ4n) is 3.68. The molecule has 1 aromatic carbocycles. The molecule has 30 heavy (non-hydrogen) atoms. The third-order valence-corrected chi connectivity index (χ3v) is 6.11. The van der Waals surface area contributed by atoms with Crippen LogP contribution in [0.1, 0.15) is 67.3 Å². The van der Waals surface area contributed by atoms with E-state index in [2.05, 4.69) is 0 Å². The summed E-state index contributed by atoms with van der Waals surface area (Å²) < 4.78 is 43.3. The first-order valence-corrected chi connectivity index (χ1v) is 11.0. The van der Waals surface area contributed by atoms with E-state index >= 15 is 0 Å². The van der Waals surface area contributed by atoms with Crippen molar-refractivity contribution < 1.29 is 27.5 Å². The van der Waals surface area contributed by atoms with Crippen molar-refractivity contribution >= 4 is 28.2 Å². The molecule has 0 saturated heterocycles. The van der Waals surface area contributed by atoms with E-state index in [1.807, 2.05) is 36.5 Å². The standard InChI is InChI=1S/C22H24F3NO3S/c1-2-12-29-20(27)18-17(13-30-19(18)26-21(28)22(23,24)25)16-10-8-15(9-11-16)14-6-4-3-5-7-14/h8-11,13-14H,2-7,12H2,1H3,(H,26,28). The molecule has 3 rings (SSSR count). The van der Waals surface area contributed by atoms with Crippen molar-refractivity contribution in [2.24, 2.45) is 0 Å². The van der Waals surface area contributed by atoms with Crippen LogP contribution in [0.25, 0.3) is 11.1 Å². The molecular weight excluding hydrogens is 415 g/mol. The van der Waals surface area contributed by atoms with E-state index in [4.69, 9.17) is 4.74 Å². The summed E-state index contributed by atoms with van der Waals surface area (Å²) in [4.78, 5) is 24.0. The summed E-state index contributed by atoms with van der Waals surface area (Å²) in [6, 6.07) is 7.77. The van der Waals surface area contributed by atoms with Crippen LogP contribution in [-0.2, 0) is 9.53 Å². The minimum atomic E-state index is -5.05. The minimum Gasteiger partial charge on any atom is -0.462 e. The van der Waals surface area contributed by atoms with Crippen LogP contribution in [0.5, 0.6) is 0 Å².